The van der Waals surface area contributed by atoms with Crippen molar-refractivity contribution in [2.45, 2.75) is 87.2 Å². The summed E-state index contributed by atoms with van der Waals surface area (Å²) in [5, 5.41) is 37.3. The van der Waals surface area contributed by atoms with Gasteiger partial charge in [-0.1, -0.05) is 37.3 Å². The third-order valence-corrected chi connectivity index (χ3v) is 13.2. The van der Waals surface area contributed by atoms with Gasteiger partial charge in [-0.15, -0.1) is 0 Å². The zero-order valence-corrected chi connectivity index (χ0v) is 27.1. The molecule has 7 unspecified atom stereocenters. The first-order valence-corrected chi connectivity index (χ1v) is 16.3. The van der Waals surface area contributed by atoms with Crippen LogP contribution in [0.25, 0.3) is 0 Å². The number of nitrogens with zero attached hydrogens (tertiary/aromatic N) is 1. The van der Waals surface area contributed by atoms with Crippen molar-refractivity contribution in [2.75, 3.05) is 48.1 Å². The van der Waals surface area contributed by atoms with Gasteiger partial charge in [0, 0.05) is 83.0 Å². The molecule has 250 valence electrons. The molecule has 1 heterocycles. The quantitative estimate of drug-likeness (QED) is 0.319. The summed E-state index contributed by atoms with van der Waals surface area (Å²) in [4.78, 5) is 15.6. The normalized spacial score (nSPS) is 50.9. The molecule has 0 radical (unpaired) electrons. The molecule has 1 aromatic carbocycles. The van der Waals surface area contributed by atoms with Gasteiger partial charge >= 0.3 is 5.97 Å². The van der Waals surface area contributed by atoms with Gasteiger partial charge in [0.2, 0.25) is 0 Å². The summed E-state index contributed by atoms with van der Waals surface area (Å²) < 4.78 is 38.1. The van der Waals surface area contributed by atoms with Crippen molar-refractivity contribution in [3.63, 3.8) is 0 Å². The Morgan fingerprint density at radius 1 is 1.02 bits per heavy atom. The van der Waals surface area contributed by atoms with Crippen LogP contribution in [-0.4, -0.2) is 128 Å². The van der Waals surface area contributed by atoms with E-state index < -0.39 is 76.5 Å². The fourth-order valence-corrected chi connectivity index (χ4v) is 12.4. The molecule has 45 heavy (non-hydrogen) atoms. The molecule has 6 aliphatic rings. The molecule has 7 bridgehead atoms. The highest BCUT2D eigenvalue weighted by Gasteiger charge is 2.92. The number of carbonyl (C=O) groups is 1. The van der Waals surface area contributed by atoms with Gasteiger partial charge in [0.25, 0.3) is 0 Å². The van der Waals surface area contributed by atoms with Crippen molar-refractivity contribution in [3.05, 3.63) is 35.9 Å². The molecule has 15 atom stereocenters. The van der Waals surface area contributed by atoms with Gasteiger partial charge in [0.05, 0.1) is 37.6 Å². The lowest BCUT2D eigenvalue weighted by atomic mass is 9.42. The average Bonchev–Trinajstić information content (AvgIpc) is 3.41. The number of rotatable bonds is 10. The number of hydrogen-bond acceptors (Lipinski definition) is 11. The van der Waals surface area contributed by atoms with E-state index in [1.807, 2.05) is 30.3 Å². The Morgan fingerprint density at radius 2 is 1.76 bits per heavy atom. The second-order valence-electron chi connectivity index (χ2n) is 14.4. The van der Waals surface area contributed by atoms with Gasteiger partial charge in [-0.05, 0) is 24.4 Å². The van der Waals surface area contributed by atoms with Crippen molar-refractivity contribution in [3.8, 4) is 0 Å². The molecule has 7 rings (SSSR count). The van der Waals surface area contributed by atoms with E-state index in [4.69, 9.17) is 28.4 Å². The number of fused-ring (bicyclic) bond motifs is 2. The lowest BCUT2D eigenvalue weighted by Gasteiger charge is -2.70. The van der Waals surface area contributed by atoms with E-state index >= 15 is 0 Å². The Morgan fingerprint density at radius 3 is 2.36 bits per heavy atom. The lowest BCUT2D eigenvalue weighted by molar-refractivity contribution is -0.328. The highest BCUT2D eigenvalue weighted by atomic mass is 16.6. The standard InChI is InChI=1S/C34H49NO10/c1-7-35-16-31(17-40-3)21(37)13-22(41-4)33-20-14-32(39)29(44-15-19-11-9-8-10-12-19)23(20)34(45-18(2)36,28(38)30(32)43-6)24(27(33)35)25(42-5)26(31)33/h8-12,20-30,37-39H,7,13-17H2,1-6H3/t20?,21-,22+,23?,24?,25?,26?,27?,28+,29?,30+,31+,32-,33+,34-/m1/s1. The summed E-state index contributed by atoms with van der Waals surface area (Å²) in [7, 11) is 6.49. The molecule has 6 fully saturated rings. The van der Waals surface area contributed by atoms with Crippen molar-refractivity contribution in [1.29, 1.82) is 0 Å². The van der Waals surface area contributed by atoms with E-state index in [0.717, 1.165) is 5.56 Å². The van der Waals surface area contributed by atoms with Crippen LogP contribution in [0.4, 0.5) is 0 Å². The van der Waals surface area contributed by atoms with Gasteiger partial charge < -0.3 is 43.7 Å². The zero-order valence-electron chi connectivity index (χ0n) is 27.1. The molecule has 0 amide bonds. The smallest absolute Gasteiger partial charge is 0.303 e. The molecule has 0 aromatic heterocycles. The van der Waals surface area contributed by atoms with Crippen LogP contribution in [0, 0.1) is 34.5 Å². The van der Waals surface area contributed by atoms with Gasteiger partial charge in [0.1, 0.15) is 17.8 Å². The molecule has 11 heteroatoms. The van der Waals surface area contributed by atoms with Crippen LogP contribution in [0.3, 0.4) is 0 Å². The van der Waals surface area contributed by atoms with Crippen molar-refractivity contribution in [1.82, 2.24) is 4.90 Å². The van der Waals surface area contributed by atoms with Gasteiger partial charge in [-0.2, -0.15) is 0 Å². The van der Waals surface area contributed by atoms with E-state index in [2.05, 4.69) is 11.8 Å². The number of piperidine rings is 1. The number of hydrogen-bond donors (Lipinski definition) is 3. The first-order chi connectivity index (χ1) is 21.6. The lowest BCUT2D eigenvalue weighted by Crippen LogP contribution is -2.81. The number of likely N-dealkylation sites (tertiary alicyclic amines) is 1. The minimum absolute atomic E-state index is 0.221. The van der Waals surface area contributed by atoms with Gasteiger partial charge in [0.15, 0.2) is 5.60 Å². The predicted molar refractivity (Wildman–Crippen MR) is 160 cm³/mol. The molecule has 3 N–H and O–H groups in total. The summed E-state index contributed by atoms with van der Waals surface area (Å²) in [6.45, 7) is 5.18. The Kier molecular flexibility index (Phi) is 7.75. The maximum Gasteiger partial charge on any atom is 0.303 e. The minimum Gasteiger partial charge on any atom is -0.455 e. The van der Waals surface area contributed by atoms with Crippen LogP contribution in [0.1, 0.15) is 32.3 Å². The molecule has 5 aliphatic carbocycles. The monoisotopic (exact) mass is 631 g/mol. The largest absolute Gasteiger partial charge is 0.455 e. The van der Waals surface area contributed by atoms with E-state index in [-0.39, 0.29) is 30.9 Å². The summed E-state index contributed by atoms with van der Waals surface area (Å²) in [6, 6.07) is 9.50. The maximum atomic E-state index is 13.2. The Hall–Kier alpha value is -1.67. The zero-order chi connectivity index (χ0) is 32.1. The van der Waals surface area contributed by atoms with Crippen LogP contribution in [0.5, 0.6) is 0 Å². The first-order valence-electron chi connectivity index (χ1n) is 16.3. The minimum atomic E-state index is -1.59. The second kappa shape index (κ2) is 10.9. The molecule has 1 aliphatic heterocycles. The SMILES string of the molecule is CCN1C[C@@]2(COC)C3C(OC)C4C1[C@@]3(C1C[C@@]3(O)C(OCc5ccccc5)C1[C@]4(OC(C)=O)[C@@H](O)[C@@H]3OC)[C@@H](OC)C[C@H]2O. The van der Waals surface area contributed by atoms with E-state index in [9.17, 15) is 20.1 Å². The predicted octanol–water partition coefficient (Wildman–Crippen LogP) is 1.01. The van der Waals surface area contributed by atoms with Crippen LogP contribution < -0.4 is 0 Å². The topological polar surface area (TPSA) is 136 Å². The van der Waals surface area contributed by atoms with Crippen molar-refractivity contribution in [2.24, 2.45) is 34.5 Å². The first kappa shape index (κ1) is 31.9. The summed E-state index contributed by atoms with van der Waals surface area (Å²) in [5.74, 6) is -2.31. The molecule has 5 saturated carbocycles. The van der Waals surface area contributed by atoms with E-state index in [1.54, 1.807) is 21.3 Å². The molecule has 1 spiro atoms. The Bertz CT molecular complexity index is 1280. The number of ether oxygens (including phenoxy) is 6. The van der Waals surface area contributed by atoms with Gasteiger partial charge in [-0.25, -0.2) is 0 Å². The van der Waals surface area contributed by atoms with Crippen molar-refractivity contribution >= 4 is 5.97 Å². The van der Waals surface area contributed by atoms with E-state index in [1.165, 1.54) is 14.0 Å². The number of carbonyl (C=O) groups excluding carboxylic acids is 1. The fourth-order valence-electron chi connectivity index (χ4n) is 12.4. The second-order valence-corrected chi connectivity index (χ2v) is 14.4. The van der Waals surface area contributed by atoms with Crippen molar-refractivity contribution < 1.29 is 48.5 Å². The number of aliphatic hydroxyl groups is 3. The Labute approximate surface area is 265 Å². The third-order valence-electron chi connectivity index (χ3n) is 13.2. The number of methoxy groups -OCH3 is 4. The molecule has 1 aromatic rings. The summed E-state index contributed by atoms with van der Waals surface area (Å²) >= 11 is 0. The number of esters is 1. The molecule has 1 saturated heterocycles. The van der Waals surface area contributed by atoms with Crippen LogP contribution in [-0.2, 0) is 39.8 Å². The summed E-state index contributed by atoms with van der Waals surface area (Å²) in [6.07, 6.45) is -4.36. The fraction of sp³-hybridized carbons (Fsp3) is 0.794. The van der Waals surface area contributed by atoms with E-state index in [0.29, 0.717) is 26.1 Å². The van der Waals surface area contributed by atoms with Crippen LogP contribution >= 0.6 is 0 Å². The molecular formula is C34H49NO10. The molecular weight excluding hydrogens is 582 g/mol. The highest BCUT2D eigenvalue weighted by Crippen LogP contribution is 2.80. The highest BCUT2D eigenvalue weighted by molar-refractivity contribution is 5.67. The third kappa shape index (κ3) is 3.70. The molecule has 11 nitrogen and oxygen atoms in total. The van der Waals surface area contributed by atoms with Crippen LogP contribution in [0.2, 0.25) is 0 Å². The number of aliphatic hydroxyl groups excluding tert-OH is 2. The summed E-state index contributed by atoms with van der Waals surface area (Å²) in [5.41, 5.74) is -3.55. The average molecular weight is 632 g/mol. The maximum absolute atomic E-state index is 13.2. The number of benzene rings is 1. The van der Waals surface area contributed by atoms with Crippen LogP contribution in [0.15, 0.2) is 30.3 Å². The van der Waals surface area contributed by atoms with Gasteiger partial charge in [-0.3, -0.25) is 9.69 Å². The Balaban J connectivity index is 1.51.